The summed E-state index contributed by atoms with van der Waals surface area (Å²) < 4.78 is 11.5. The van der Waals surface area contributed by atoms with Crippen LogP contribution in [0.4, 0.5) is 11.4 Å². The smallest absolute Gasteiger partial charge is 0.235 e. The van der Waals surface area contributed by atoms with Gasteiger partial charge >= 0.3 is 0 Å². The molecule has 4 unspecified atom stereocenters. The quantitative estimate of drug-likeness (QED) is 0.240. The van der Waals surface area contributed by atoms with E-state index in [-0.39, 0.29) is 6.42 Å². The Hall–Kier alpha value is -4.17. The summed E-state index contributed by atoms with van der Waals surface area (Å²) in [5.74, 6) is -3.89. The molecule has 0 heterocycles. The zero-order valence-corrected chi connectivity index (χ0v) is 25.6. The minimum atomic E-state index is -1.73. The van der Waals surface area contributed by atoms with Crippen LogP contribution in [0.25, 0.3) is 0 Å². The summed E-state index contributed by atoms with van der Waals surface area (Å²) in [5, 5.41) is 17.7. The van der Waals surface area contributed by atoms with Gasteiger partial charge in [0, 0.05) is 23.7 Å². The highest BCUT2D eigenvalue weighted by Gasteiger charge is 2.56. The van der Waals surface area contributed by atoms with Gasteiger partial charge in [0.25, 0.3) is 0 Å². The number of carbonyl (C=O) groups excluding carboxylic acids is 3. The van der Waals surface area contributed by atoms with Gasteiger partial charge in [-0.1, -0.05) is 63.2 Å². The first kappa shape index (κ1) is 31.8. The fourth-order valence-electron chi connectivity index (χ4n) is 6.04. The molecule has 1 aliphatic rings. The summed E-state index contributed by atoms with van der Waals surface area (Å²) >= 11 is 0. The van der Waals surface area contributed by atoms with Crippen LogP contribution in [0.2, 0.25) is 0 Å². The van der Waals surface area contributed by atoms with Gasteiger partial charge in [-0.25, -0.2) is 0 Å². The zero-order chi connectivity index (χ0) is 31.1. The molecule has 2 amide bonds. The molecule has 8 heteroatoms. The fraction of sp³-hybridized carbons (Fsp3) is 0.400. The maximum Gasteiger partial charge on any atom is 0.235 e. The van der Waals surface area contributed by atoms with Crippen LogP contribution >= 0.6 is 0 Å². The van der Waals surface area contributed by atoms with Crippen molar-refractivity contribution < 1.29 is 29.0 Å². The van der Waals surface area contributed by atoms with Crippen LogP contribution in [-0.2, 0) is 27.2 Å². The van der Waals surface area contributed by atoms with Crippen LogP contribution in [0.1, 0.15) is 63.1 Å². The molecule has 0 aliphatic heterocycles. The maximum absolute atomic E-state index is 14.2. The lowest BCUT2D eigenvalue weighted by Gasteiger charge is -2.44. The van der Waals surface area contributed by atoms with Gasteiger partial charge in [-0.05, 0) is 67.1 Å². The van der Waals surface area contributed by atoms with Crippen LogP contribution in [0.5, 0.6) is 11.5 Å². The number of ether oxygens (including phenoxy) is 2. The largest absolute Gasteiger partial charge is 0.493 e. The second-order valence-corrected chi connectivity index (χ2v) is 11.2. The third-order valence-corrected chi connectivity index (χ3v) is 8.18. The first-order chi connectivity index (χ1) is 20.6. The van der Waals surface area contributed by atoms with E-state index in [1.54, 1.807) is 24.3 Å². The van der Waals surface area contributed by atoms with Crippen molar-refractivity contribution in [3.8, 4) is 11.5 Å². The highest BCUT2D eigenvalue weighted by Crippen LogP contribution is 2.48. The number of nitrogens with one attached hydrogen (secondary N) is 2. The first-order valence-electron chi connectivity index (χ1n) is 15.0. The number of methoxy groups -OCH3 is 1. The van der Waals surface area contributed by atoms with E-state index >= 15 is 0 Å². The predicted molar refractivity (Wildman–Crippen MR) is 168 cm³/mol. The molecule has 0 bridgehead atoms. The number of anilines is 2. The lowest BCUT2D eigenvalue weighted by molar-refractivity contribution is -0.150. The van der Waals surface area contributed by atoms with Crippen molar-refractivity contribution in [2.24, 2.45) is 11.8 Å². The van der Waals surface area contributed by atoms with Crippen molar-refractivity contribution >= 4 is 29.0 Å². The molecule has 4 atom stereocenters. The molecule has 8 nitrogen and oxygen atoms in total. The predicted octanol–water partition coefficient (Wildman–Crippen LogP) is 5.93. The molecule has 4 rings (SSSR count). The van der Waals surface area contributed by atoms with Crippen LogP contribution in [0.15, 0.2) is 66.7 Å². The minimum Gasteiger partial charge on any atom is -0.493 e. The van der Waals surface area contributed by atoms with E-state index in [0.29, 0.717) is 47.9 Å². The van der Waals surface area contributed by atoms with Crippen LogP contribution in [0.3, 0.4) is 0 Å². The van der Waals surface area contributed by atoms with Crippen molar-refractivity contribution in [2.75, 3.05) is 24.4 Å². The van der Waals surface area contributed by atoms with Gasteiger partial charge in [0.2, 0.25) is 11.8 Å². The number of benzene rings is 3. The van der Waals surface area contributed by atoms with E-state index in [9.17, 15) is 19.5 Å². The Morgan fingerprint density at radius 1 is 0.884 bits per heavy atom. The molecule has 228 valence electrons. The van der Waals surface area contributed by atoms with E-state index in [0.717, 1.165) is 17.5 Å². The number of Topliss-reactive ketones (excluding diaryl/α,β-unsaturated/α-hetero) is 1. The summed E-state index contributed by atoms with van der Waals surface area (Å²) in [6.07, 6.45) is 1.83. The second-order valence-electron chi connectivity index (χ2n) is 11.2. The van der Waals surface area contributed by atoms with E-state index in [4.69, 9.17) is 9.47 Å². The number of hydrogen-bond acceptors (Lipinski definition) is 6. The SMILES string of the molecule is CCCOc1ccc(C2C(C(=O)Nc3ccccc3CC)C(=O)CC(C)(O)C2C(=O)Nc2ccccc2CC)cc1OC. The molecule has 3 N–H and O–H groups in total. The number of rotatable bonds is 11. The average Bonchev–Trinajstić information content (AvgIpc) is 2.99. The third-order valence-electron chi connectivity index (χ3n) is 8.18. The second kappa shape index (κ2) is 13.9. The number of hydrogen-bond donors (Lipinski definition) is 3. The van der Waals surface area contributed by atoms with Gasteiger partial charge in [-0.3, -0.25) is 14.4 Å². The fourth-order valence-corrected chi connectivity index (χ4v) is 6.04. The first-order valence-corrected chi connectivity index (χ1v) is 15.0. The molecule has 3 aromatic rings. The number of amides is 2. The highest BCUT2D eigenvalue weighted by atomic mass is 16.5. The summed E-state index contributed by atoms with van der Waals surface area (Å²) in [6.45, 7) is 7.95. The highest BCUT2D eigenvalue weighted by molar-refractivity contribution is 6.10. The van der Waals surface area contributed by atoms with Crippen molar-refractivity contribution in [1.82, 2.24) is 0 Å². The number of ketones is 1. The van der Waals surface area contributed by atoms with E-state index in [2.05, 4.69) is 10.6 Å². The van der Waals surface area contributed by atoms with Gasteiger partial charge in [-0.15, -0.1) is 0 Å². The molecule has 0 spiro atoms. The average molecular weight is 587 g/mol. The van der Waals surface area contributed by atoms with E-state index in [1.807, 2.05) is 63.2 Å². The maximum atomic E-state index is 14.2. The lowest BCUT2D eigenvalue weighted by atomic mass is 9.61. The molecule has 43 heavy (non-hydrogen) atoms. The summed E-state index contributed by atoms with van der Waals surface area (Å²) in [6, 6.07) is 20.1. The van der Waals surface area contributed by atoms with Gasteiger partial charge in [0.15, 0.2) is 11.5 Å². The standard InChI is InChI=1S/C35H42N2O6/c1-6-19-43-28-18-17-24(20-29(28)42-5)30-31(33(39)36-25-15-11-9-13-22(25)7-2)27(38)21-35(4,41)32(30)34(40)37-26-16-12-10-14-23(26)8-3/h9-18,20,30-32,41H,6-8,19,21H2,1-5H3,(H,36,39)(H,37,40). The summed E-state index contributed by atoms with van der Waals surface area (Å²) in [7, 11) is 1.51. The molecule has 1 aliphatic carbocycles. The van der Waals surface area contributed by atoms with Gasteiger partial charge in [0.05, 0.1) is 25.2 Å². The zero-order valence-electron chi connectivity index (χ0n) is 25.6. The Labute approximate surface area is 253 Å². The van der Waals surface area contributed by atoms with E-state index in [1.165, 1.54) is 14.0 Å². The Kier molecular flexibility index (Phi) is 10.2. The monoisotopic (exact) mass is 586 g/mol. The van der Waals surface area contributed by atoms with E-state index < -0.39 is 41.0 Å². The topological polar surface area (TPSA) is 114 Å². The van der Waals surface area contributed by atoms with Crippen LogP contribution in [-0.4, -0.2) is 42.0 Å². The Morgan fingerprint density at radius 2 is 1.47 bits per heavy atom. The Bertz CT molecular complexity index is 1470. The molecule has 0 saturated heterocycles. The number of para-hydroxylation sites is 2. The third kappa shape index (κ3) is 6.91. The molecular weight excluding hydrogens is 544 g/mol. The summed E-state index contributed by atoms with van der Waals surface area (Å²) in [5.41, 5.74) is 1.88. The Morgan fingerprint density at radius 3 is 2.02 bits per heavy atom. The van der Waals surface area contributed by atoms with Gasteiger partial charge < -0.3 is 25.2 Å². The lowest BCUT2D eigenvalue weighted by Crippen LogP contribution is -2.56. The molecule has 1 fully saturated rings. The normalized spacial score (nSPS) is 21.6. The van der Waals surface area contributed by atoms with Crippen LogP contribution < -0.4 is 20.1 Å². The molecule has 0 radical (unpaired) electrons. The minimum absolute atomic E-state index is 0.348. The van der Waals surface area contributed by atoms with Crippen molar-refractivity contribution in [3.05, 3.63) is 83.4 Å². The number of carbonyl (C=O) groups is 3. The molecule has 0 aromatic heterocycles. The molecule has 1 saturated carbocycles. The van der Waals surface area contributed by atoms with Gasteiger partial charge in [0.1, 0.15) is 11.7 Å². The van der Waals surface area contributed by atoms with Crippen molar-refractivity contribution in [3.63, 3.8) is 0 Å². The van der Waals surface area contributed by atoms with Gasteiger partial charge in [-0.2, -0.15) is 0 Å². The van der Waals surface area contributed by atoms with Crippen molar-refractivity contribution in [2.45, 2.75) is 64.9 Å². The van der Waals surface area contributed by atoms with Crippen molar-refractivity contribution in [1.29, 1.82) is 0 Å². The Balaban J connectivity index is 1.83. The molecular formula is C35H42N2O6. The molecule has 3 aromatic carbocycles. The summed E-state index contributed by atoms with van der Waals surface area (Å²) in [4.78, 5) is 42.0. The number of aliphatic hydroxyl groups is 1. The van der Waals surface area contributed by atoms with Crippen LogP contribution in [0, 0.1) is 11.8 Å². The number of aryl methyl sites for hydroxylation is 2.